The fourth-order valence-electron chi connectivity index (χ4n) is 3.61. The molecular formula is C24H21NO4S. The average Bonchev–Trinajstić information content (AvgIpc) is 3.01. The first-order valence-electron chi connectivity index (χ1n) is 9.51. The number of carbonyl (C=O) groups is 1. The van der Waals surface area contributed by atoms with E-state index in [-0.39, 0.29) is 9.80 Å². The molecule has 0 aromatic heterocycles. The van der Waals surface area contributed by atoms with Gasteiger partial charge in [-0.1, -0.05) is 65.7 Å². The van der Waals surface area contributed by atoms with Gasteiger partial charge in [0, 0.05) is 5.69 Å². The molecule has 1 atom stereocenters. The number of nitrogens with zero attached hydrogens (tertiary/aromatic N) is 1. The zero-order valence-electron chi connectivity index (χ0n) is 16.6. The van der Waals surface area contributed by atoms with Crippen molar-refractivity contribution in [3.63, 3.8) is 0 Å². The summed E-state index contributed by atoms with van der Waals surface area (Å²) < 4.78 is 27.1. The number of carbonyl (C=O) groups excluding carboxylic acids is 1. The number of anilines is 1. The number of hydrogen-bond donors (Lipinski definition) is 1. The molecule has 152 valence electrons. The normalized spacial score (nSPS) is 16.9. The Morgan fingerprint density at radius 2 is 1.33 bits per heavy atom. The molecule has 1 unspecified atom stereocenters. The largest absolute Gasteiger partial charge is 0.502 e. The highest BCUT2D eigenvalue weighted by molar-refractivity contribution is 7.95. The molecule has 5 nitrogen and oxygen atoms in total. The van der Waals surface area contributed by atoms with Gasteiger partial charge >= 0.3 is 0 Å². The summed E-state index contributed by atoms with van der Waals surface area (Å²) in [6.45, 7) is 3.79. The van der Waals surface area contributed by atoms with Gasteiger partial charge in [-0.3, -0.25) is 9.69 Å². The number of sulfone groups is 1. The van der Waals surface area contributed by atoms with E-state index < -0.39 is 27.5 Å². The summed E-state index contributed by atoms with van der Waals surface area (Å²) in [5, 5.41) is 10.7. The number of para-hydroxylation sites is 1. The first-order valence-corrected chi connectivity index (χ1v) is 11.0. The average molecular weight is 420 g/mol. The Labute approximate surface area is 175 Å². The molecule has 0 saturated heterocycles. The van der Waals surface area contributed by atoms with Gasteiger partial charge in [0.25, 0.3) is 5.91 Å². The quantitative estimate of drug-likeness (QED) is 0.669. The third-order valence-electron chi connectivity index (χ3n) is 5.21. The highest BCUT2D eigenvalue weighted by Crippen LogP contribution is 2.44. The molecule has 1 aliphatic rings. The van der Waals surface area contributed by atoms with Crippen molar-refractivity contribution in [2.45, 2.75) is 24.8 Å². The van der Waals surface area contributed by atoms with Gasteiger partial charge < -0.3 is 5.11 Å². The summed E-state index contributed by atoms with van der Waals surface area (Å²) in [4.78, 5) is 14.1. The van der Waals surface area contributed by atoms with E-state index in [0.717, 1.165) is 11.1 Å². The minimum Gasteiger partial charge on any atom is -0.502 e. The second-order valence-corrected chi connectivity index (χ2v) is 9.27. The number of benzene rings is 3. The number of aliphatic hydroxyl groups is 1. The van der Waals surface area contributed by atoms with Crippen LogP contribution in [0.1, 0.15) is 22.7 Å². The van der Waals surface area contributed by atoms with Gasteiger partial charge in [0.15, 0.2) is 5.76 Å². The van der Waals surface area contributed by atoms with Crippen LogP contribution in [0.25, 0.3) is 0 Å². The Hall–Kier alpha value is -3.38. The third-order valence-corrected chi connectivity index (χ3v) is 7.10. The van der Waals surface area contributed by atoms with E-state index in [0.29, 0.717) is 11.3 Å². The van der Waals surface area contributed by atoms with Gasteiger partial charge in [-0.25, -0.2) is 8.42 Å². The predicted molar refractivity (Wildman–Crippen MR) is 116 cm³/mol. The number of rotatable bonds is 4. The number of aryl methyl sites for hydroxylation is 2. The Kier molecular flexibility index (Phi) is 4.95. The predicted octanol–water partition coefficient (Wildman–Crippen LogP) is 4.63. The van der Waals surface area contributed by atoms with Gasteiger partial charge in [0.1, 0.15) is 10.9 Å². The van der Waals surface area contributed by atoms with Crippen molar-refractivity contribution in [3.8, 4) is 0 Å². The van der Waals surface area contributed by atoms with Crippen molar-refractivity contribution in [1.82, 2.24) is 0 Å². The summed E-state index contributed by atoms with van der Waals surface area (Å²) >= 11 is 0. The molecule has 3 aromatic carbocycles. The molecule has 0 aliphatic carbocycles. The molecule has 4 rings (SSSR count). The molecule has 0 radical (unpaired) electrons. The number of amides is 1. The SMILES string of the molecule is Cc1ccc(C2C(S(=O)(=O)c3ccc(C)cc3)=C(O)C(=O)N2c2ccccc2)cc1. The van der Waals surface area contributed by atoms with Crippen LogP contribution in [-0.2, 0) is 14.6 Å². The lowest BCUT2D eigenvalue weighted by Gasteiger charge is -2.27. The minimum atomic E-state index is -4.12. The van der Waals surface area contributed by atoms with E-state index in [4.69, 9.17) is 0 Å². The van der Waals surface area contributed by atoms with Crippen molar-refractivity contribution < 1.29 is 18.3 Å². The van der Waals surface area contributed by atoms with Crippen LogP contribution in [0.15, 0.2) is 94.4 Å². The summed E-state index contributed by atoms with van der Waals surface area (Å²) in [6, 6.07) is 21.4. The maximum Gasteiger partial charge on any atom is 0.295 e. The van der Waals surface area contributed by atoms with Gasteiger partial charge in [-0.05, 0) is 43.7 Å². The summed E-state index contributed by atoms with van der Waals surface area (Å²) in [6.07, 6.45) is 0. The van der Waals surface area contributed by atoms with E-state index in [1.165, 1.54) is 17.0 Å². The Balaban J connectivity index is 1.94. The van der Waals surface area contributed by atoms with Gasteiger partial charge in [0.05, 0.1) is 4.90 Å². The van der Waals surface area contributed by atoms with Crippen molar-refractivity contribution in [2.75, 3.05) is 4.90 Å². The topological polar surface area (TPSA) is 74.7 Å². The van der Waals surface area contributed by atoms with Crippen LogP contribution >= 0.6 is 0 Å². The van der Waals surface area contributed by atoms with Gasteiger partial charge in [0.2, 0.25) is 9.84 Å². The molecule has 0 bridgehead atoms. The van der Waals surface area contributed by atoms with Crippen molar-refractivity contribution in [3.05, 3.63) is 106 Å². The summed E-state index contributed by atoms with van der Waals surface area (Å²) in [5.41, 5.74) is 3.03. The summed E-state index contributed by atoms with van der Waals surface area (Å²) in [7, 11) is -4.12. The van der Waals surface area contributed by atoms with Crippen LogP contribution < -0.4 is 4.90 Å². The Bertz CT molecular complexity index is 1230. The Morgan fingerprint density at radius 3 is 1.90 bits per heavy atom. The van der Waals surface area contributed by atoms with Crippen LogP contribution in [0, 0.1) is 13.8 Å². The molecule has 1 aliphatic heterocycles. The molecule has 3 aromatic rings. The zero-order chi connectivity index (χ0) is 21.5. The van der Waals surface area contributed by atoms with E-state index in [9.17, 15) is 18.3 Å². The molecule has 0 spiro atoms. The van der Waals surface area contributed by atoms with E-state index in [2.05, 4.69) is 0 Å². The van der Waals surface area contributed by atoms with Gasteiger partial charge in [-0.15, -0.1) is 0 Å². The van der Waals surface area contributed by atoms with E-state index in [1.807, 2.05) is 32.0 Å². The van der Waals surface area contributed by atoms with Crippen molar-refractivity contribution >= 4 is 21.4 Å². The molecule has 6 heteroatoms. The van der Waals surface area contributed by atoms with Crippen molar-refractivity contribution in [1.29, 1.82) is 0 Å². The van der Waals surface area contributed by atoms with Crippen LogP contribution in [0.2, 0.25) is 0 Å². The summed E-state index contributed by atoms with van der Waals surface area (Å²) in [5.74, 6) is -1.48. The molecule has 0 saturated carbocycles. The first kappa shape index (κ1) is 19.9. The van der Waals surface area contributed by atoms with Crippen LogP contribution in [0.4, 0.5) is 5.69 Å². The van der Waals surface area contributed by atoms with E-state index >= 15 is 0 Å². The number of hydrogen-bond acceptors (Lipinski definition) is 4. The zero-order valence-corrected chi connectivity index (χ0v) is 17.4. The molecule has 1 amide bonds. The lowest BCUT2D eigenvalue weighted by molar-refractivity contribution is -0.117. The molecular weight excluding hydrogens is 398 g/mol. The second-order valence-electron chi connectivity index (χ2n) is 7.35. The fourth-order valence-corrected chi connectivity index (χ4v) is 5.23. The standard InChI is InChI=1S/C24H21NO4S/c1-16-8-12-18(13-9-16)21-23(30(28,29)20-14-10-17(2)11-15-20)22(26)24(27)25(21)19-6-4-3-5-7-19/h3-15,21,26H,1-2H3. The smallest absolute Gasteiger partial charge is 0.295 e. The van der Waals surface area contributed by atoms with Gasteiger partial charge in [-0.2, -0.15) is 0 Å². The monoisotopic (exact) mass is 419 g/mol. The minimum absolute atomic E-state index is 0.0365. The maximum atomic E-state index is 13.5. The first-order chi connectivity index (χ1) is 14.3. The molecule has 0 fully saturated rings. The Morgan fingerprint density at radius 1 is 0.800 bits per heavy atom. The molecule has 1 heterocycles. The van der Waals surface area contributed by atoms with E-state index in [1.54, 1.807) is 48.5 Å². The lowest BCUT2D eigenvalue weighted by atomic mass is 10.0. The van der Waals surface area contributed by atoms with Crippen molar-refractivity contribution in [2.24, 2.45) is 0 Å². The third kappa shape index (κ3) is 3.29. The van der Waals surface area contributed by atoms with Crippen LogP contribution in [-0.4, -0.2) is 19.4 Å². The molecule has 30 heavy (non-hydrogen) atoms. The second kappa shape index (κ2) is 7.46. The number of aliphatic hydroxyl groups excluding tert-OH is 1. The highest BCUT2D eigenvalue weighted by Gasteiger charge is 2.47. The fraction of sp³-hybridized carbons (Fsp3) is 0.125. The highest BCUT2D eigenvalue weighted by atomic mass is 32.2. The maximum absolute atomic E-state index is 13.5. The van der Waals surface area contributed by atoms with Crippen LogP contribution in [0.3, 0.4) is 0 Å². The molecule has 1 N–H and O–H groups in total. The lowest BCUT2D eigenvalue weighted by Crippen LogP contribution is -2.31. The van der Waals surface area contributed by atoms with Crippen LogP contribution in [0.5, 0.6) is 0 Å².